The lowest BCUT2D eigenvalue weighted by molar-refractivity contribution is -0.00634. The van der Waals surface area contributed by atoms with Gasteiger partial charge in [-0.1, -0.05) is 0 Å². The van der Waals surface area contributed by atoms with Crippen LogP contribution in [0.2, 0.25) is 0 Å². The van der Waals surface area contributed by atoms with Gasteiger partial charge in [0, 0.05) is 11.1 Å². The lowest BCUT2D eigenvalue weighted by atomic mass is 9.48. The predicted molar refractivity (Wildman–Crippen MR) is 160 cm³/mol. The topological polar surface area (TPSA) is 93.1 Å². The lowest BCUT2D eigenvalue weighted by Crippen LogP contribution is -2.48. The number of methoxy groups -OCH3 is 2. The zero-order chi connectivity index (χ0) is 29.2. The molecule has 0 unspecified atom stereocenters. The number of ether oxygens (including phenoxy) is 2. The molecule has 2 aromatic carbocycles. The van der Waals surface area contributed by atoms with Crippen LogP contribution >= 0.6 is 0 Å². The summed E-state index contributed by atoms with van der Waals surface area (Å²) in [5.41, 5.74) is 3.44. The minimum atomic E-state index is -0.844. The number of aromatic carboxylic acids is 2. The third-order valence-electron chi connectivity index (χ3n) is 12.1. The average Bonchev–Trinajstić information content (AvgIpc) is 2.95. The number of benzene rings is 2. The second-order valence-corrected chi connectivity index (χ2v) is 14.8. The molecular weight excluding hydrogens is 528 g/mol. The van der Waals surface area contributed by atoms with Crippen LogP contribution in [0.25, 0.3) is 0 Å². The van der Waals surface area contributed by atoms with Gasteiger partial charge in [-0.25, -0.2) is 9.59 Å². The molecule has 0 heterocycles. The van der Waals surface area contributed by atoms with Gasteiger partial charge in [0.2, 0.25) is 0 Å². The summed E-state index contributed by atoms with van der Waals surface area (Å²) >= 11 is 0. The Morgan fingerprint density at radius 2 is 0.857 bits per heavy atom. The van der Waals surface area contributed by atoms with E-state index in [-0.39, 0.29) is 10.8 Å². The highest BCUT2D eigenvalue weighted by molar-refractivity contribution is 5.88. The molecule has 6 nitrogen and oxygen atoms in total. The van der Waals surface area contributed by atoms with E-state index in [1.807, 2.05) is 24.3 Å². The Balaban J connectivity index is 0.000000137. The molecule has 224 valence electrons. The molecule has 8 bridgehead atoms. The molecule has 8 saturated carbocycles. The van der Waals surface area contributed by atoms with Crippen molar-refractivity contribution in [1.29, 1.82) is 0 Å². The van der Waals surface area contributed by atoms with Crippen LogP contribution in [-0.2, 0) is 10.8 Å². The molecule has 10 rings (SSSR count). The van der Waals surface area contributed by atoms with Gasteiger partial charge in [0.25, 0.3) is 0 Å². The monoisotopic (exact) mass is 572 g/mol. The Morgan fingerprint density at radius 3 is 1.10 bits per heavy atom. The van der Waals surface area contributed by atoms with Crippen molar-refractivity contribution in [2.24, 2.45) is 35.5 Å². The highest BCUT2D eigenvalue weighted by Crippen LogP contribution is 2.63. The number of carboxylic acid groups (broad SMARTS) is 2. The molecule has 0 spiro atoms. The summed E-state index contributed by atoms with van der Waals surface area (Å²) in [5, 5.41) is 18.6. The third kappa shape index (κ3) is 4.69. The van der Waals surface area contributed by atoms with E-state index in [0.29, 0.717) is 11.1 Å². The van der Waals surface area contributed by atoms with Gasteiger partial charge in [-0.3, -0.25) is 0 Å². The standard InChI is InChI=1S/2C18H22O3/c2*1-21-16-3-2-14(17(19)20)7-15(16)18-8-11-4-12(9-18)6-13(5-11)10-18/h2*2-3,7,11-13H,4-6,8-10H2,1H3,(H,19,20). The molecule has 6 heteroatoms. The Labute approximate surface area is 248 Å². The summed E-state index contributed by atoms with van der Waals surface area (Å²) in [6.07, 6.45) is 15.7. The van der Waals surface area contributed by atoms with Gasteiger partial charge in [-0.05, 0) is 160 Å². The number of carbonyl (C=O) groups is 2. The summed E-state index contributed by atoms with van der Waals surface area (Å²) in [7, 11) is 3.39. The van der Waals surface area contributed by atoms with Gasteiger partial charge in [0.15, 0.2) is 0 Å². The van der Waals surface area contributed by atoms with E-state index < -0.39 is 11.9 Å². The lowest BCUT2D eigenvalue weighted by Gasteiger charge is -2.57. The zero-order valence-electron chi connectivity index (χ0n) is 24.9. The molecule has 2 N–H and O–H groups in total. The number of rotatable bonds is 6. The van der Waals surface area contributed by atoms with Gasteiger partial charge in [0.1, 0.15) is 11.5 Å². The van der Waals surface area contributed by atoms with Gasteiger partial charge in [-0.15, -0.1) is 0 Å². The zero-order valence-corrected chi connectivity index (χ0v) is 24.9. The minimum absolute atomic E-state index is 0.172. The summed E-state index contributed by atoms with van der Waals surface area (Å²) in [6.45, 7) is 0. The minimum Gasteiger partial charge on any atom is -0.496 e. The van der Waals surface area contributed by atoms with E-state index in [9.17, 15) is 19.8 Å². The van der Waals surface area contributed by atoms with Crippen LogP contribution in [0, 0.1) is 35.5 Å². The first kappa shape index (κ1) is 27.8. The molecule has 8 aliphatic rings. The highest BCUT2D eigenvalue weighted by Gasteiger charge is 2.53. The fourth-order valence-corrected chi connectivity index (χ4v) is 11.4. The Hall–Kier alpha value is -3.02. The molecule has 0 aromatic heterocycles. The summed E-state index contributed by atoms with van der Waals surface area (Å²) in [4.78, 5) is 22.7. The van der Waals surface area contributed by atoms with E-state index in [2.05, 4.69) is 0 Å². The SMILES string of the molecule is COc1ccc(C(=O)O)cc1C12CC3CC(CC(C3)C1)C2.COc1ccc(C(=O)O)cc1C12CC3CC(CC(C3)C1)C2. The third-order valence-corrected chi connectivity index (χ3v) is 12.1. The molecule has 0 amide bonds. The van der Waals surface area contributed by atoms with Crippen molar-refractivity contribution >= 4 is 11.9 Å². The average molecular weight is 573 g/mol. The summed E-state index contributed by atoms with van der Waals surface area (Å²) in [6, 6.07) is 10.8. The summed E-state index contributed by atoms with van der Waals surface area (Å²) < 4.78 is 11.2. The molecule has 0 saturated heterocycles. The summed E-state index contributed by atoms with van der Waals surface area (Å²) in [5.74, 6) is 5.12. The fourth-order valence-electron chi connectivity index (χ4n) is 11.4. The Bertz CT molecular complexity index is 1220. The van der Waals surface area contributed by atoms with Gasteiger partial charge < -0.3 is 19.7 Å². The van der Waals surface area contributed by atoms with Gasteiger partial charge in [-0.2, -0.15) is 0 Å². The largest absolute Gasteiger partial charge is 0.496 e. The van der Waals surface area contributed by atoms with Crippen molar-refractivity contribution in [3.63, 3.8) is 0 Å². The van der Waals surface area contributed by atoms with Gasteiger partial charge in [0.05, 0.1) is 25.3 Å². The number of hydrogen-bond acceptors (Lipinski definition) is 4. The predicted octanol–water partition coefficient (Wildman–Crippen LogP) is 7.72. The van der Waals surface area contributed by atoms with Crippen molar-refractivity contribution in [1.82, 2.24) is 0 Å². The fraction of sp³-hybridized carbons (Fsp3) is 0.611. The van der Waals surface area contributed by atoms with Crippen LogP contribution in [0.1, 0.15) is 109 Å². The van der Waals surface area contributed by atoms with Crippen LogP contribution in [0.3, 0.4) is 0 Å². The van der Waals surface area contributed by atoms with Crippen molar-refractivity contribution < 1.29 is 29.3 Å². The Kier molecular flexibility index (Phi) is 6.82. The first-order chi connectivity index (χ1) is 20.2. The first-order valence-electron chi connectivity index (χ1n) is 16.0. The van der Waals surface area contributed by atoms with Crippen molar-refractivity contribution in [2.45, 2.75) is 87.9 Å². The smallest absolute Gasteiger partial charge is 0.335 e. The normalized spacial score (nSPS) is 36.7. The van der Waals surface area contributed by atoms with E-state index in [1.165, 1.54) is 77.0 Å². The van der Waals surface area contributed by atoms with Crippen LogP contribution in [0.5, 0.6) is 11.5 Å². The van der Waals surface area contributed by atoms with E-state index in [1.54, 1.807) is 26.4 Å². The second-order valence-electron chi connectivity index (χ2n) is 14.8. The maximum Gasteiger partial charge on any atom is 0.335 e. The number of carboxylic acids is 2. The molecule has 8 aliphatic carbocycles. The van der Waals surface area contributed by atoms with E-state index in [4.69, 9.17) is 9.47 Å². The van der Waals surface area contributed by atoms with Crippen LogP contribution in [0.4, 0.5) is 0 Å². The molecule has 0 atom stereocenters. The molecular formula is C36H44O6. The molecule has 42 heavy (non-hydrogen) atoms. The molecule has 0 radical (unpaired) electrons. The maximum atomic E-state index is 11.3. The molecule has 8 fully saturated rings. The maximum absolute atomic E-state index is 11.3. The van der Waals surface area contributed by atoms with Crippen LogP contribution in [0.15, 0.2) is 36.4 Å². The first-order valence-corrected chi connectivity index (χ1v) is 16.0. The highest BCUT2D eigenvalue weighted by atomic mass is 16.5. The van der Waals surface area contributed by atoms with E-state index >= 15 is 0 Å². The van der Waals surface area contributed by atoms with Gasteiger partial charge >= 0.3 is 11.9 Å². The number of hydrogen-bond donors (Lipinski definition) is 2. The second kappa shape index (κ2) is 10.3. The quantitative estimate of drug-likeness (QED) is 0.368. The van der Waals surface area contributed by atoms with Crippen molar-refractivity contribution in [3.8, 4) is 11.5 Å². The van der Waals surface area contributed by atoms with Crippen LogP contribution < -0.4 is 9.47 Å². The van der Waals surface area contributed by atoms with Crippen LogP contribution in [-0.4, -0.2) is 36.4 Å². The Morgan fingerprint density at radius 1 is 0.571 bits per heavy atom. The van der Waals surface area contributed by atoms with Crippen molar-refractivity contribution in [3.05, 3.63) is 58.7 Å². The molecule has 2 aromatic rings. The van der Waals surface area contributed by atoms with Crippen molar-refractivity contribution in [2.75, 3.05) is 14.2 Å². The van der Waals surface area contributed by atoms with E-state index in [0.717, 1.165) is 58.1 Å². The molecule has 0 aliphatic heterocycles.